The van der Waals surface area contributed by atoms with Crippen LogP contribution in [0, 0.1) is 0 Å². The van der Waals surface area contributed by atoms with Gasteiger partial charge < -0.3 is 10.6 Å². The SMILES string of the molecule is CN(Cc1cscn1)C(=O)c1ccnc(CN)c1. The van der Waals surface area contributed by atoms with Crippen LogP contribution in [0.1, 0.15) is 21.7 Å². The maximum Gasteiger partial charge on any atom is 0.254 e. The highest BCUT2D eigenvalue weighted by Gasteiger charge is 2.13. The zero-order valence-corrected chi connectivity index (χ0v) is 10.9. The average molecular weight is 262 g/mol. The van der Waals surface area contributed by atoms with Crippen LogP contribution in [0.25, 0.3) is 0 Å². The third kappa shape index (κ3) is 2.91. The normalized spacial score (nSPS) is 10.3. The molecule has 2 aromatic rings. The molecule has 18 heavy (non-hydrogen) atoms. The minimum atomic E-state index is -0.0555. The first-order valence-corrected chi connectivity index (χ1v) is 6.42. The molecule has 0 aliphatic carbocycles. The first kappa shape index (κ1) is 12.7. The summed E-state index contributed by atoms with van der Waals surface area (Å²) in [7, 11) is 1.75. The van der Waals surface area contributed by atoms with Crippen LogP contribution >= 0.6 is 11.3 Å². The molecular formula is C12H14N4OS. The summed E-state index contributed by atoms with van der Waals surface area (Å²) in [5.74, 6) is -0.0555. The van der Waals surface area contributed by atoms with Gasteiger partial charge in [0, 0.05) is 30.7 Å². The van der Waals surface area contributed by atoms with Crippen molar-refractivity contribution in [2.75, 3.05) is 7.05 Å². The molecule has 0 aromatic carbocycles. The number of carbonyl (C=O) groups is 1. The number of carbonyl (C=O) groups excluding carboxylic acids is 1. The Balaban J connectivity index is 2.10. The highest BCUT2D eigenvalue weighted by atomic mass is 32.1. The fourth-order valence-corrected chi connectivity index (χ4v) is 2.12. The van der Waals surface area contributed by atoms with E-state index in [2.05, 4.69) is 9.97 Å². The molecular weight excluding hydrogens is 248 g/mol. The number of nitrogens with zero attached hydrogens (tertiary/aromatic N) is 3. The minimum absolute atomic E-state index is 0.0555. The van der Waals surface area contributed by atoms with Crippen molar-refractivity contribution in [3.63, 3.8) is 0 Å². The number of nitrogens with two attached hydrogens (primary N) is 1. The highest BCUT2D eigenvalue weighted by Crippen LogP contribution is 2.09. The average Bonchev–Trinajstić information content (AvgIpc) is 2.90. The lowest BCUT2D eigenvalue weighted by atomic mass is 10.2. The number of rotatable bonds is 4. The molecule has 0 saturated carbocycles. The van der Waals surface area contributed by atoms with Crippen LogP contribution in [-0.4, -0.2) is 27.8 Å². The summed E-state index contributed by atoms with van der Waals surface area (Å²) >= 11 is 1.52. The molecule has 1 amide bonds. The Morgan fingerprint density at radius 2 is 2.28 bits per heavy atom. The van der Waals surface area contributed by atoms with Crippen LogP contribution in [-0.2, 0) is 13.1 Å². The molecule has 0 aliphatic rings. The predicted molar refractivity (Wildman–Crippen MR) is 70.0 cm³/mol. The number of hydrogen-bond donors (Lipinski definition) is 1. The maximum atomic E-state index is 12.2. The van der Waals surface area contributed by atoms with Crippen LogP contribution in [0.2, 0.25) is 0 Å². The Hall–Kier alpha value is -1.79. The summed E-state index contributed by atoms with van der Waals surface area (Å²) in [5.41, 5.74) is 9.47. The molecule has 0 fully saturated rings. The number of thiazole rings is 1. The van der Waals surface area contributed by atoms with Crippen LogP contribution in [0.4, 0.5) is 0 Å². The van der Waals surface area contributed by atoms with Gasteiger partial charge >= 0.3 is 0 Å². The molecule has 0 aliphatic heterocycles. The van der Waals surface area contributed by atoms with E-state index in [4.69, 9.17) is 5.73 Å². The van der Waals surface area contributed by atoms with Crippen molar-refractivity contribution in [1.29, 1.82) is 0 Å². The van der Waals surface area contributed by atoms with Crippen LogP contribution in [0.5, 0.6) is 0 Å². The van der Waals surface area contributed by atoms with Crippen molar-refractivity contribution in [3.05, 3.63) is 46.2 Å². The lowest BCUT2D eigenvalue weighted by Gasteiger charge is -2.16. The summed E-state index contributed by atoms with van der Waals surface area (Å²) in [6.07, 6.45) is 1.60. The molecule has 0 radical (unpaired) electrons. The molecule has 5 nitrogen and oxygen atoms in total. The molecule has 2 rings (SSSR count). The molecule has 6 heteroatoms. The second-order valence-corrected chi connectivity index (χ2v) is 4.60. The Labute approximate surface area is 109 Å². The number of pyridine rings is 1. The van der Waals surface area contributed by atoms with Crippen molar-refractivity contribution in [1.82, 2.24) is 14.9 Å². The quantitative estimate of drug-likeness (QED) is 0.900. The van der Waals surface area contributed by atoms with Crippen molar-refractivity contribution < 1.29 is 4.79 Å². The summed E-state index contributed by atoms with van der Waals surface area (Å²) in [5, 5.41) is 1.93. The molecule has 0 bridgehead atoms. The van der Waals surface area contributed by atoms with Gasteiger partial charge in [-0.3, -0.25) is 9.78 Å². The van der Waals surface area contributed by atoms with E-state index in [1.807, 2.05) is 5.38 Å². The van der Waals surface area contributed by atoms with Gasteiger partial charge in [0.05, 0.1) is 23.4 Å². The Morgan fingerprint density at radius 3 is 2.94 bits per heavy atom. The molecule has 0 saturated heterocycles. The number of amides is 1. The number of aromatic nitrogens is 2. The molecule has 0 unspecified atom stereocenters. The first-order chi connectivity index (χ1) is 8.70. The largest absolute Gasteiger partial charge is 0.336 e. The van der Waals surface area contributed by atoms with Gasteiger partial charge in [-0.1, -0.05) is 0 Å². The van der Waals surface area contributed by atoms with E-state index < -0.39 is 0 Å². The van der Waals surface area contributed by atoms with Crippen molar-refractivity contribution in [2.24, 2.45) is 5.73 Å². The Morgan fingerprint density at radius 1 is 1.44 bits per heavy atom. The van der Waals surface area contributed by atoms with E-state index in [0.717, 1.165) is 5.69 Å². The van der Waals surface area contributed by atoms with Crippen LogP contribution in [0.3, 0.4) is 0 Å². The maximum absolute atomic E-state index is 12.2. The van der Waals surface area contributed by atoms with E-state index in [1.165, 1.54) is 11.3 Å². The second-order valence-electron chi connectivity index (χ2n) is 3.88. The van der Waals surface area contributed by atoms with Gasteiger partial charge in [0.1, 0.15) is 0 Å². The van der Waals surface area contributed by atoms with Gasteiger partial charge in [-0.15, -0.1) is 11.3 Å². The minimum Gasteiger partial charge on any atom is -0.336 e. The first-order valence-electron chi connectivity index (χ1n) is 5.48. The highest BCUT2D eigenvalue weighted by molar-refractivity contribution is 7.07. The summed E-state index contributed by atoms with van der Waals surface area (Å²) in [6.45, 7) is 0.833. The monoisotopic (exact) mass is 262 g/mol. The fourth-order valence-electron chi connectivity index (χ4n) is 1.57. The Kier molecular flexibility index (Phi) is 4.01. The van der Waals surface area contributed by atoms with Crippen molar-refractivity contribution >= 4 is 17.2 Å². The van der Waals surface area contributed by atoms with Gasteiger partial charge in [-0.25, -0.2) is 4.98 Å². The number of hydrogen-bond acceptors (Lipinski definition) is 5. The third-order valence-electron chi connectivity index (χ3n) is 2.50. The lowest BCUT2D eigenvalue weighted by Crippen LogP contribution is -2.26. The molecule has 2 heterocycles. The lowest BCUT2D eigenvalue weighted by molar-refractivity contribution is 0.0783. The van der Waals surface area contributed by atoms with E-state index in [9.17, 15) is 4.79 Å². The van der Waals surface area contributed by atoms with Crippen molar-refractivity contribution in [2.45, 2.75) is 13.1 Å². The van der Waals surface area contributed by atoms with Crippen LogP contribution in [0.15, 0.2) is 29.2 Å². The molecule has 0 atom stereocenters. The van der Waals surface area contributed by atoms with E-state index in [1.54, 1.807) is 35.8 Å². The third-order valence-corrected chi connectivity index (χ3v) is 3.14. The molecule has 0 spiro atoms. The summed E-state index contributed by atoms with van der Waals surface area (Å²) in [4.78, 5) is 22.0. The Bertz CT molecular complexity index is 527. The van der Waals surface area contributed by atoms with E-state index in [-0.39, 0.29) is 5.91 Å². The van der Waals surface area contributed by atoms with E-state index in [0.29, 0.717) is 24.3 Å². The van der Waals surface area contributed by atoms with Gasteiger partial charge in [0.25, 0.3) is 5.91 Å². The summed E-state index contributed by atoms with van der Waals surface area (Å²) in [6, 6.07) is 3.42. The standard InChI is InChI=1S/C12H14N4OS/c1-16(6-11-7-18-8-15-11)12(17)9-2-3-14-10(4-9)5-13/h2-4,7-8H,5-6,13H2,1H3. The zero-order valence-electron chi connectivity index (χ0n) is 10.0. The van der Waals surface area contributed by atoms with Crippen LogP contribution < -0.4 is 5.73 Å². The second kappa shape index (κ2) is 5.70. The summed E-state index contributed by atoms with van der Waals surface area (Å²) < 4.78 is 0. The van der Waals surface area contributed by atoms with Gasteiger partial charge in [0.15, 0.2) is 0 Å². The van der Waals surface area contributed by atoms with Gasteiger partial charge in [-0.05, 0) is 12.1 Å². The molecule has 2 N–H and O–H groups in total. The fraction of sp³-hybridized carbons (Fsp3) is 0.250. The van der Waals surface area contributed by atoms with Gasteiger partial charge in [-0.2, -0.15) is 0 Å². The van der Waals surface area contributed by atoms with E-state index >= 15 is 0 Å². The predicted octanol–water partition coefficient (Wildman–Crippen LogP) is 1.27. The topological polar surface area (TPSA) is 72.1 Å². The van der Waals surface area contributed by atoms with Crippen molar-refractivity contribution in [3.8, 4) is 0 Å². The van der Waals surface area contributed by atoms with Gasteiger partial charge in [0.2, 0.25) is 0 Å². The molecule has 2 aromatic heterocycles. The smallest absolute Gasteiger partial charge is 0.254 e. The molecule has 94 valence electrons. The zero-order chi connectivity index (χ0) is 13.0.